The number of hydrogen-bond donors (Lipinski definition) is 2. The first-order valence-corrected chi connectivity index (χ1v) is 3.94. The lowest BCUT2D eigenvalue weighted by atomic mass is 9.80. The number of carboxylic acid groups (broad SMARTS) is 1. The summed E-state index contributed by atoms with van der Waals surface area (Å²) in [6.45, 7) is 3.37. The van der Waals surface area contributed by atoms with Crippen molar-refractivity contribution in [2.75, 3.05) is 0 Å². The molecule has 78 valence electrons. The standard InChI is InChI=1S/C8H15F2NO2/c1-7(2,8(3,9)10)4-5(11)6(12)13/h5H,4,11H2,1-3H3,(H,12,13)/t5-/m0/s1. The fraction of sp³-hybridized carbons (Fsp3) is 0.875. The lowest BCUT2D eigenvalue weighted by Crippen LogP contribution is -2.42. The van der Waals surface area contributed by atoms with E-state index in [1.807, 2.05) is 0 Å². The summed E-state index contributed by atoms with van der Waals surface area (Å²) in [5, 5.41) is 8.44. The zero-order chi connectivity index (χ0) is 10.9. The second-order valence-corrected chi connectivity index (χ2v) is 3.92. The van der Waals surface area contributed by atoms with Gasteiger partial charge in [-0.25, -0.2) is 8.78 Å². The van der Waals surface area contributed by atoms with E-state index in [2.05, 4.69) is 0 Å². The minimum atomic E-state index is -2.93. The topological polar surface area (TPSA) is 63.3 Å². The molecule has 3 N–H and O–H groups in total. The second kappa shape index (κ2) is 3.57. The maximum absolute atomic E-state index is 12.9. The van der Waals surface area contributed by atoms with E-state index in [0.29, 0.717) is 0 Å². The molecule has 0 aliphatic rings. The highest BCUT2D eigenvalue weighted by Crippen LogP contribution is 2.39. The normalized spacial score (nSPS) is 15.5. The molecule has 0 fully saturated rings. The number of aliphatic carboxylic acids is 1. The van der Waals surface area contributed by atoms with Crippen LogP contribution in [-0.2, 0) is 4.79 Å². The van der Waals surface area contributed by atoms with Crippen LogP contribution in [0.3, 0.4) is 0 Å². The number of hydrogen-bond acceptors (Lipinski definition) is 2. The molecule has 0 rings (SSSR count). The monoisotopic (exact) mass is 195 g/mol. The third-order valence-corrected chi connectivity index (χ3v) is 2.24. The first-order chi connectivity index (χ1) is 5.58. The average molecular weight is 195 g/mol. The Labute approximate surface area is 75.9 Å². The van der Waals surface area contributed by atoms with E-state index < -0.39 is 23.3 Å². The van der Waals surface area contributed by atoms with Crippen molar-refractivity contribution in [2.24, 2.45) is 11.1 Å². The van der Waals surface area contributed by atoms with Crippen molar-refractivity contribution in [3.63, 3.8) is 0 Å². The van der Waals surface area contributed by atoms with Crippen LogP contribution in [0, 0.1) is 5.41 Å². The maximum Gasteiger partial charge on any atom is 0.320 e. The van der Waals surface area contributed by atoms with Gasteiger partial charge in [0.15, 0.2) is 0 Å². The minimum Gasteiger partial charge on any atom is -0.480 e. The predicted molar refractivity (Wildman–Crippen MR) is 44.6 cm³/mol. The summed E-state index contributed by atoms with van der Waals surface area (Å²) in [7, 11) is 0. The van der Waals surface area contributed by atoms with E-state index in [4.69, 9.17) is 10.8 Å². The number of carbonyl (C=O) groups is 1. The van der Waals surface area contributed by atoms with E-state index in [9.17, 15) is 13.6 Å². The van der Waals surface area contributed by atoms with Crippen LogP contribution in [0.15, 0.2) is 0 Å². The average Bonchev–Trinajstić information content (AvgIpc) is 1.83. The van der Waals surface area contributed by atoms with Gasteiger partial charge in [0.05, 0.1) is 0 Å². The van der Waals surface area contributed by atoms with Crippen molar-refractivity contribution in [3.8, 4) is 0 Å². The molecule has 0 saturated carbocycles. The van der Waals surface area contributed by atoms with E-state index >= 15 is 0 Å². The Bertz CT molecular complexity index is 199. The van der Waals surface area contributed by atoms with Crippen LogP contribution in [0.25, 0.3) is 0 Å². The first-order valence-electron chi connectivity index (χ1n) is 3.94. The predicted octanol–water partition coefficient (Wildman–Crippen LogP) is 1.47. The van der Waals surface area contributed by atoms with Gasteiger partial charge in [0.1, 0.15) is 6.04 Å². The molecule has 0 radical (unpaired) electrons. The van der Waals surface area contributed by atoms with Crippen LogP contribution in [0.4, 0.5) is 8.78 Å². The van der Waals surface area contributed by atoms with Crippen LogP contribution in [0.2, 0.25) is 0 Å². The molecule has 0 unspecified atom stereocenters. The summed E-state index contributed by atoms with van der Waals surface area (Å²) in [5.41, 5.74) is 3.77. The SMILES string of the molecule is CC(F)(F)C(C)(C)C[C@H](N)C(=O)O. The Morgan fingerprint density at radius 3 is 2.08 bits per heavy atom. The van der Waals surface area contributed by atoms with Crippen molar-refractivity contribution in [2.45, 2.75) is 39.2 Å². The first kappa shape index (κ1) is 12.3. The van der Waals surface area contributed by atoms with Gasteiger partial charge in [0, 0.05) is 5.41 Å². The Morgan fingerprint density at radius 1 is 1.46 bits per heavy atom. The second-order valence-electron chi connectivity index (χ2n) is 3.92. The molecular formula is C8H15F2NO2. The molecule has 0 aliphatic carbocycles. The van der Waals surface area contributed by atoms with E-state index in [1.165, 1.54) is 13.8 Å². The van der Waals surface area contributed by atoms with Gasteiger partial charge < -0.3 is 10.8 Å². The highest BCUT2D eigenvalue weighted by Gasteiger charge is 2.43. The van der Waals surface area contributed by atoms with Crippen molar-refractivity contribution >= 4 is 5.97 Å². The van der Waals surface area contributed by atoms with Crippen molar-refractivity contribution < 1.29 is 18.7 Å². The molecule has 0 saturated heterocycles. The van der Waals surface area contributed by atoms with Crippen LogP contribution < -0.4 is 5.73 Å². The third-order valence-electron chi connectivity index (χ3n) is 2.24. The zero-order valence-electron chi connectivity index (χ0n) is 7.97. The molecule has 1 atom stereocenters. The van der Waals surface area contributed by atoms with Crippen LogP contribution in [-0.4, -0.2) is 23.0 Å². The van der Waals surface area contributed by atoms with E-state index in [0.717, 1.165) is 6.92 Å². The van der Waals surface area contributed by atoms with Gasteiger partial charge in [0.2, 0.25) is 5.92 Å². The third kappa shape index (κ3) is 3.26. The fourth-order valence-corrected chi connectivity index (χ4v) is 0.816. The van der Waals surface area contributed by atoms with Gasteiger partial charge in [-0.2, -0.15) is 0 Å². The molecule has 13 heavy (non-hydrogen) atoms. The summed E-state index contributed by atoms with van der Waals surface area (Å²) >= 11 is 0. The summed E-state index contributed by atoms with van der Waals surface area (Å²) in [6.07, 6.45) is -0.244. The van der Waals surface area contributed by atoms with Gasteiger partial charge in [-0.05, 0) is 13.3 Å². The quantitative estimate of drug-likeness (QED) is 0.714. The van der Waals surface area contributed by atoms with Gasteiger partial charge in [0.25, 0.3) is 0 Å². The molecule has 0 heterocycles. The van der Waals surface area contributed by atoms with Crippen molar-refractivity contribution in [3.05, 3.63) is 0 Å². The van der Waals surface area contributed by atoms with E-state index in [1.54, 1.807) is 0 Å². The lowest BCUT2D eigenvalue weighted by Gasteiger charge is -2.32. The number of rotatable bonds is 4. The molecule has 0 bridgehead atoms. The Morgan fingerprint density at radius 2 is 1.85 bits per heavy atom. The molecule has 0 amide bonds. The largest absolute Gasteiger partial charge is 0.480 e. The molecule has 0 aromatic heterocycles. The fourth-order valence-electron chi connectivity index (χ4n) is 0.816. The molecule has 3 nitrogen and oxygen atoms in total. The smallest absolute Gasteiger partial charge is 0.320 e. The highest BCUT2D eigenvalue weighted by molar-refractivity contribution is 5.73. The lowest BCUT2D eigenvalue weighted by molar-refractivity contribution is -0.142. The number of halogens is 2. The molecule has 0 aromatic carbocycles. The molecule has 0 aromatic rings. The number of carboxylic acids is 1. The van der Waals surface area contributed by atoms with Crippen LogP contribution in [0.5, 0.6) is 0 Å². The summed E-state index contributed by atoms with van der Waals surface area (Å²) in [4.78, 5) is 10.3. The van der Waals surface area contributed by atoms with Crippen LogP contribution in [0.1, 0.15) is 27.2 Å². The summed E-state index contributed by atoms with van der Waals surface area (Å²) in [5.74, 6) is -4.18. The minimum absolute atomic E-state index is 0.244. The highest BCUT2D eigenvalue weighted by atomic mass is 19.3. The number of alkyl halides is 2. The molecular weight excluding hydrogens is 180 g/mol. The summed E-state index contributed by atoms with van der Waals surface area (Å²) < 4.78 is 25.8. The molecule has 0 spiro atoms. The molecule has 5 heteroatoms. The number of nitrogens with two attached hydrogens (primary N) is 1. The van der Waals surface area contributed by atoms with Crippen molar-refractivity contribution in [1.29, 1.82) is 0 Å². The van der Waals surface area contributed by atoms with Gasteiger partial charge in [-0.3, -0.25) is 4.79 Å². The van der Waals surface area contributed by atoms with Gasteiger partial charge in [-0.1, -0.05) is 13.8 Å². The Hall–Kier alpha value is -0.710. The van der Waals surface area contributed by atoms with Gasteiger partial charge >= 0.3 is 5.97 Å². The maximum atomic E-state index is 12.9. The Balaban J connectivity index is 4.43. The van der Waals surface area contributed by atoms with Crippen LogP contribution >= 0.6 is 0 Å². The zero-order valence-corrected chi connectivity index (χ0v) is 7.97. The van der Waals surface area contributed by atoms with Crippen molar-refractivity contribution in [1.82, 2.24) is 0 Å². The molecule has 0 aliphatic heterocycles. The van der Waals surface area contributed by atoms with Gasteiger partial charge in [-0.15, -0.1) is 0 Å². The van der Waals surface area contributed by atoms with E-state index in [-0.39, 0.29) is 6.42 Å². The summed E-state index contributed by atoms with van der Waals surface area (Å²) in [6, 6.07) is -1.24. The Kier molecular flexibility index (Phi) is 3.38.